The monoisotopic (exact) mass is 507 g/mol. The van der Waals surface area contributed by atoms with Crippen molar-refractivity contribution in [2.24, 2.45) is 0 Å². The lowest BCUT2D eigenvalue weighted by atomic mass is 10.00. The smallest absolute Gasteiger partial charge is 0.0991 e. The fraction of sp³-hybridized carbons (Fsp3) is 0.345. The van der Waals surface area contributed by atoms with Crippen LogP contribution in [0.4, 0.5) is 5.69 Å². The van der Waals surface area contributed by atoms with Gasteiger partial charge < -0.3 is 10.0 Å². The fourth-order valence-electron chi connectivity index (χ4n) is 4.65. The Morgan fingerprint density at radius 3 is 2.34 bits per heavy atom. The predicted molar refractivity (Wildman–Crippen MR) is 144 cm³/mol. The SMILES string of the molecule is C[C@H](O)CCc1ccc(N2CCN(CCc3ccc(C#N)cc3)C[C@H]2c2ccc(Cl)cc2)c(Cl)c1. The first-order valence-electron chi connectivity index (χ1n) is 12.1. The average molecular weight is 508 g/mol. The van der Waals surface area contributed by atoms with E-state index in [9.17, 15) is 5.11 Å². The van der Waals surface area contributed by atoms with Crippen molar-refractivity contribution in [2.45, 2.75) is 38.3 Å². The van der Waals surface area contributed by atoms with Crippen molar-refractivity contribution < 1.29 is 5.11 Å². The third kappa shape index (κ3) is 6.78. The Morgan fingerprint density at radius 2 is 1.69 bits per heavy atom. The van der Waals surface area contributed by atoms with Gasteiger partial charge in [-0.25, -0.2) is 0 Å². The van der Waals surface area contributed by atoms with Crippen molar-refractivity contribution in [2.75, 3.05) is 31.1 Å². The van der Waals surface area contributed by atoms with Gasteiger partial charge in [-0.05, 0) is 79.3 Å². The summed E-state index contributed by atoms with van der Waals surface area (Å²) in [6.07, 6.45) is 2.15. The third-order valence-corrected chi connectivity index (χ3v) is 7.25. The van der Waals surface area contributed by atoms with Crippen LogP contribution in [0.3, 0.4) is 0 Å². The maximum atomic E-state index is 9.62. The summed E-state index contributed by atoms with van der Waals surface area (Å²) in [5.41, 5.74) is 5.33. The number of halogens is 2. The van der Waals surface area contributed by atoms with Crippen LogP contribution in [0.2, 0.25) is 10.0 Å². The molecule has 1 heterocycles. The molecule has 182 valence electrons. The Morgan fingerprint density at radius 1 is 0.971 bits per heavy atom. The molecule has 1 N–H and O–H groups in total. The third-order valence-electron chi connectivity index (χ3n) is 6.69. The highest BCUT2D eigenvalue weighted by Gasteiger charge is 2.29. The molecule has 4 nitrogen and oxygen atoms in total. The second-order valence-electron chi connectivity index (χ2n) is 9.29. The van der Waals surface area contributed by atoms with Crippen LogP contribution >= 0.6 is 23.2 Å². The summed E-state index contributed by atoms with van der Waals surface area (Å²) in [5, 5.41) is 20.1. The van der Waals surface area contributed by atoms with Gasteiger partial charge in [0.15, 0.2) is 0 Å². The number of nitrogens with zero attached hydrogens (tertiary/aromatic N) is 3. The average Bonchev–Trinajstić information content (AvgIpc) is 2.87. The molecule has 0 spiro atoms. The van der Waals surface area contributed by atoms with Gasteiger partial charge in [0.05, 0.1) is 34.5 Å². The van der Waals surface area contributed by atoms with E-state index in [1.807, 2.05) is 49.4 Å². The molecule has 2 atom stereocenters. The van der Waals surface area contributed by atoms with E-state index >= 15 is 0 Å². The standard InChI is InChI=1S/C29H31Cl2N3O/c1-21(35)2-3-23-8-13-28(27(31)18-23)34-17-16-33(15-14-22-4-6-24(19-32)7-5-22)20-29(34)25-9-11-26(30)12-10-25/h4-13,18,21,29,35H,2-3,14-17,20H2,1H3/t21-,29-/m0/s1. The Labute approximate surface area is 218 Å². The van der Waals surface area contributed by atoms with Crippen molar-refractivity contribution in [3.8, 4) is 6.07 Å². The minimum atomic E-state index is -0.319. The zero-order chi connectivity index (χ0) is 24.8. The van der Waals surface area contributed by atoms with Gasteiger partial charge in [-0.15, -0.1) is 0 Å². The molecule has 0 amide bonds. The summed E-state index contributed by atoms with van der Waals surface area (Å²) >= 11 is 13.0. The van der Waals surface area contributed by atoms with E-state index in [0.717, 1.165) is 66.7 Å². The van der Waals surface area contributed by atoms with Crippen molar-refractivity contribution in [3.05, 3.63) is 99.0 Å². The molecule has 0 aliphatic carbocycles. The second kappa shape index (κ2) is 11.9. The van der Waals surface area contributed by atoms with Crippen molar-refractivity contribution in [1.29, 1.82) is 5.26 Å². The predicted octanol–water partition coefficient (Wildman–Crippen LogP) is 6.28. The molecule has 3 aromatic carbocycles. The van der Waals surface area contributed by atoms with Crippen LogP contribution in [0, 0.1) is 11.3 Å². The molecule has 4 rings (SSSR count). The Hall–Kier alpha value is -2.55. The van der Waals surface area contributed by atoms with Crippen molar-refractivity contribution in [3.63, 3.8) is 0 Å². The number of aliphatic hydroxyl groups is 1. The number of piperazine rings is 1. The van der Waals surface area contributed by atoms with Gasteiger partial charge in [0.2, 0.25) is 0 Å². The van der Waals surface area contributed by atoms with Gasteiger partial charge in [-0.1, -0.05) is 53.5 Å². The first-order valence-corrected chi connectivity index (χ1v) is 12.9. The highest BCUT2D eigenvalue weighted by atomic mass is 35.5. The molecule has 0 unspecified atom stereocenters. The number of benzene rings is 3. The van der Waals surface area contributed by atoms with E-state index < -0.39 is 0 Å². The van der Waals surface area contributed by atoms with Crippen LogP contribution in [-0.4, -0.2) is 42.3 Å². The number of aliphatic hydroxyl groups excluding tert-OH is 1. The molecule has 0 aromatic heterocycles. The van der Waals surface area contributed by atoms with Gasteiger partial charge >= 0.3 is 0 Å². The quantitative estimate of drug-likeness (QED) is 0.389. The molecule has 3 aromatic rings. The largest absolute Gasteiger partial charge is 0.393 e. The first kappa shape index (κ1) is 25.5. The lowest BCUT2D eigenvalue weighted by Gasteiger charge is -2.43. The van der Waals surface area contributed by atoms with Gasteiger partial charge in [-0.3, -0.25) is 4.90 Å². The van der Waals surface area contributed by atoms with Crippen LogP contribution in [0.1, 0.15) is 41.6 Å². The second-order valence-corrected chi connectivity index (χ2v) is 10.1. The van der Waals surface area contributed by atoms with E-state index in [1.165, 1.54) is 11.1 Å². The molecule has 0 bridgehead atoms. The van der Waals surface area contributed by atoms with Gasteiger partial charge in [0.25, 0.3) is 0 Å². The lowest BCUT2D eigenvalue weighted by molar-refractivity contribution is 0.185. The zero-order valence-electron chi connectivity index (χ0n) is 20.0. The Bertz CT molecular complexity index is 1160. The maximum absolute atomic E-state index is 9.62. The highest BCUT2D eigenvalue weighted by molar-refractivity contribution is 6.33. The summed E-state index contributed by atoms with van der Waals surface area (Å²) in [5.74, 6) is 0. The molecule has 1 saturated heterocycles. The van der Waals surface area contributed by atoms with Gasteiger partial charge in [0.1, 0.15) is 0 Å². The summed E-state index contributed by atoms with van der Waals surface area (Å²) in [7, 11) is 0. The minimum absolute atomic E-state index is 0.155. The first-order chi connectivity index (χ1) is 16.9. The highest BCUT2D eigenvalue weighted by Crippen LogP contribution is 2.36. The van der Waals surface area contributed by atoms with Crippen LogP contribution in [-0.2, 0) is 12.8 Å². The van der Waals surface area contributed by atoms with E-state index in [-0.39, 0.29) is 12.1 Å². The van der Waals surface area contributed by atoms with E-state index in [2.05, 4.69) is 40.1 Å². The van der Waals surface area contributed by atoms with E-state index in [1.54, 1.807) is 0 Å². The molecule has 35 heavy (non-hydrogen) atoms. The Kier molecular flexibility index (Phi) is 8.70. The molecule has 0 saturated carbocycles. The summed E-state index contributed by atoms with van der Waals surface area (Å²) in [6.45, 7) is 5.47. The number of rotatable bonds is 8. The molecular weight excluding hydrogens is 477 g/mol. The zero-order valence-corrected chi connectivity index (χ0v) is 21.5. The summed E-state index contributed by atoms with van der Waals surface area (Å²) < 4.78 is 0. The number of aryl methyl sites for hydroxylation is 1. The van der Waals surface area contributed by atoms with Crippen LogP contribution in [0.15, 0.2) is 66.7 Å². The minimum Gasteiger partial charge on any atom is -0.393 e. The fourth-order valence-corrected chi connectivity index (χ4v) is 5.09. The van der Waals surface area contributed by atoms with E-state index in [4.69, 9.17) is 28.5 Å². The van der Waals surface area contributed by atoms with E-state index in [0.29, 0.717) is 5.56 Å². The maximum Gasteiger partial charge on any atom is 0.0991 e. The number of hydrogen-bond acceptors (Lipinski definition) is 4. The number of nitriles is 1. The van der Waals surface area contributed by atoms with Crippen LogP contribution < -0.4 is 4.90 Å². The molecule has 1 aliphatic heterocycles. The molecule has 1 aliphatic rings. The van der Waals surface area contributed by atoms with Crippen molar-refractivity contribution in [1.82, 2.24) is 4.90 Å². The van der Waals surface area contributed by atoms with Gasteiger partial charge in [0, 0.05) is 31.2 Å². The molecule has 6 heteroatoms. The number of hydrogen-bond donors (Lipinski definition) is 1. The van der Waals surface area contributed by atoms with Crippen LogP contribution in [0.25, 0.3) is 0 Å². The summed E-state index contributed by atoms with van der Waals surface area (Å²) in [4.78, 5) is 4.90. The van der Waals surface area contributed by atoms with Crippen LogP contribution in [0.5, 0.6) is 0 Å². The molecule has 1 fully saturated rings. The topological polar surface area (TPSA) is 50.5 Å². The normalized spacial score (nSPS) is 17.2. The van der Waals surface area contributed by atoms with Gasteiger partial charge in [-0.2, -0.15) is 5.26 Å². The summed E-state index contributed by atoms with van der Waals surface area (Å²) in [6, 6.07) is 24.6. The van der Waals surface area contributed by atoms with Crippen molar-refractivity contribution >= 4 is 28.9 Å². The Balaban J connectivity index is 1.51. The molecular formula is C29H31Cl2N3O. The molecule has 0 radical (unpaired) electrons. The lowest BCUT2D eigenvalue weighted by Crippen LogP contribution is -2.49. The number of anilines is 1.